The van der Waals surface area contributed by atoms with Crippen molar-refractivity contribution in [3.05, 3.63) is 0 Å². The lowest BCUT2D eigenvalue weighted by molar-refractivity contribution is -0.129. The van der Waals surface area contributed by atoms with E-state index in [1.807, 2.05) is 4.90 Å². The third-order valence-corrected chi connectivity index (χ3v) is 3.65. The molecular formula is C13H24ClNO. The number of carbonyl (C=O) groups is 1. The molecule has 94 valence electrons. The van der Waals surface area contributed by atoms with Gasteiger partial charge in [-0.05, 0) is 19.3 Å². The van der Waals surface area contributed by atoms with Crippen molar-refractivity contribution >= 4 is 17.5 Å². The van der Waals surface area contributed by atoms with E-state index in [0.29, 0.717) is 0 Å². The quantitative estimate of drug-likeness (QED) is 0.496. The molecule has 1 saturated heterocycles. The molecule has 2 nitrogen and oxygen atoms in total. The summed E-state index contributed by atoms with van der Waals surface area (Å²) in [4.78, 5) is 13.8. The van der Waals surface area contributed by atoms with Gasteiger partial charge in [0.1, 0.15) is 5.38 Å². The molecule has 0 aromatic rings. The Morgan fingerprint density at radius 2 is 1.81 bits per heavy atom. The number of likely N-dealkylation sites (tertiary alicyclic amines) is 1. The van der Waals surface area contributed by atoms with E-state index in [9.17, 15) is 4.79 Å². The van der Waals surface area contributed by atoms with E-state index in [0.717, 1.165) is 38.8 Å². The average Bonchev–Trinajstić information content (AvgIpc) is 2.81. The lowest BCUT2D eigenvalue weighted by Gasteiger charge is -2.18. The van der Waals surface area contributed by atoms with Crippen LogP contribution in [0.3, 0.4) is 0 Å². The van der Waals surface area contributed by atoms with Gasteiger partial charge in [-0.3, -0.25) is 4.79 Å². The summed E-state index contributed by atoms with van der Waals surface area (Å²) < 4.78 is 0. The Balaban J connectivity index is 2.08. The summed E-state index contributed by atoms with van der Waals surface area (Å²) in [5.74, 6) is 0.162. The highest BCUT2D eigenvalue weighted by Gasteiger charge is 2.23. The number of alkyl halides is 1. The van der Waals surface area contributed by atoms with Crippen LogP contribution in [0, 0.1) is 0 Å². The minimum Gasteiger partial charge on any atom is -0.341 e. The number of halogens is 1. The maximum Gasteiger partial charge on any atom is 0.240 e. The highest BCUT2D eigenvalue weighted by atomic mass is 35.5. The minimum absolute atomic E-state index is 0.162. The number of hydrogen-bond acceptors (Lipinski definition) is 1. The van der Waals surface area contributed by atoms with Crippen LogP contribution in [0.25, 0.3) is 0 Å². The largest absolute Gasteiger partial charge is 0.341 e. The zero-order valence-corrected chi connectivity index (χ0v) is 11.1. The molecule has 16 heavy (non-hydrogen) atoms. The van der Waals surface area contributed by atoms with Gasteiger partial charge >= 0.3 is 0 Å². The Morgan fingerprint density at radius 3 is 2.44 bits per heavy atom. The fourth-order valence-electron chi connectivity index (χ4n) is 2.19. The van der Waals surface area contributed by atoms with E-state index in [2.05, 4.69) is 6.92 Å². The molecule has 1 aliphatic heterocycles. The summed E-state index contributed by atoms with van der Waals surface area (Å²) in [7, 11) is 0. The zero-order valence-electron chi connectivity index (χ0n) is 10.4. The van der Waals surface area contributed by atoms with Gasteiger partial charge in [0.25, 0.3) is 0 Å². The monoisotopic (exact) mass is 245 g/mol. The van der Waals surface area contributed by atoms with Crippen molar-refractivity contribution in [2.45, 2.75) is 63.7 Å². The summed E-state index contributed by atoms with van der Waals surface area (Å²) >= 11 is 6.13. The van der Waals surface area contributed by atoms with Crippen LogP contribution in [0.2, 0.25) is 0 Å². The second-order valence-electron chi connectivity index (χ2n) is 4.70. The molecule has 1 amide bonds. The Morgan fingerprint density at radius 1 is 1.19 bits per heavy atom. The predicted octanol–water partition coefficient (Wildman–Crippen LogP) is 3.58. The SMILES string of the molecule is CCCCCCCC(Cl)C(=O)N1CCCC1. The maximum atomic E-state index is 11.9. The Labute approximate surface area is 104 Å². The molecule has 0 spiro atoms. The van der Waals surface area contributed by atoms with Crippen molar-refractivity contribution in [3.8, 4) is 0 Å². The van der Waals surface area contributed by atoms with Crippen LogP contribution in [0.15, 0.2) is 0 Å². The molecule has 1 heterocycles. The predicted molar refractivity (Wildman–Crippen MR) is 68.8 cm³/mol. The van der Waals surface area contributed by atoms with E-state index in [1.165, 1.54) is 25.7 Å². The third-order valence-electron chi connectivity index (χ3n) is 3.25. The van der Waals surface area contributed by atoms with Crippen LogP contribution in [-0.2, 0) is 4.79 Å². The average molecular weight is 246 g/mol. The second kappa shape index (κ2) is 7.94. The van der Waals surface area contributed by atoms with Gasteiger partial charge in [0.2, 0.25) is 5.91 Å². The summed E-state index contributed by atoms with van der Waals surface area (Å²) in [6.45, 7) is 4.04. The van der Waals surface area contributed by atoms with Gasteiger partial charge in [0, 0.05) is 13.1 Å². The Bertz CT molecular complexity index is 202. The number of carbonyl (C=O) groups excluding carboxylic acids is 1. The molecule has 3 heteroatoms. The van der Waals surface area contributed by atoms with Gasteiger partial charge in [-0.1, -0.05) is 39.0 Å². The van der Waals surface area contributed by atoms with Crippen LogP contribution in [0.5, 0.6) is 0 Å². The van der Waals surface area contributed by atoms with Crippen molar-refractivity contribution in [2.75, 3.05) is 13.1 Å². The lowest BCUT2D eigenvalue weighted by Crippen LogP contribution is -2.34. The van der Waals surface area contributed by atoms with Crippen molar-refractivity contribution in [2.24, 2.45) is 0 Å². The maximum absolute atomic E-state index is 11.9. The number of unbranched alkanes of at least 4 members (excludes halogenated alkanes) is 4. The summed E-state index contributed by atoms with van der Waals surface area (Å²) in [6, 6.07) is 0. The van der Waals surface area contributed by atoms with E-state index in [4.69, 9.17) is 11.6 Å². The minimum atomic E-state index is -0.278. The first-order valence-electron chi connectivity index (χ1n) is 6.68. The lowest BCUT2D eigenvalue weighted by atomic mass is 10.1. The molecule has 1 unspecified atom stereocenters. The van der Waals surface area contributed by atoms with Crippen molar-refractivity contribution < 1.29 is 4.79 Å². The first-order chi connectivity index (χ1) is 7.75. The fraction of sp³-hybridized carbons (Fsp3) is 0.923. The van der Waals surface area contributed by atoms with Gasteiger partial charge in [-0.25, -0.2) is 0 Å². The van der Waals surface area contributed by atoms with Crippen LogP contribution >= 0.6 is 11.6 Å². The van der Waals surface area contributed by atoms with Crippen LogP contribution in [0.4, 0.5) is 0 Å². The van der Waals surface area contributed by atoms with E-state index in [-0.39, 0.29) is 11.3 Å². The van der Waals surface area contributed by atoms with Gasteiger partial charge in [0.15, 0.2) is 0 Å². The highest BCUT2D eigenvalue weighted by molar-refractivity contribution is 6.30. The molecule has 0 aromatic heterocycles. The third kappa shape index (κ3) is 4.73. The standard InChI is InChI=1S/C13H24ClNO/c1-2-3-4-5-6-9-12(14)13(16)15-10-7-8-11-15/h12H,2-11H2,1H3. The van der Waals surface area contributed by atoms with Crippen LogP contribution in [0.1, 0.15) is 58.3 Å². The van der Waals surface area contributed by atoms with Gasteiger partial charge < -0.3 is 4.90 Å². The summed E-state index contributed by atoms with van der Waals surface area (Å²) in [5, 5.41) is -0.278. The zero-order chi connectivity index (χ0) is 11.8. The highest BCUT2D eigenvalue weighted by Crippen LogP contribution is 2.16. The van der Waals surface area contributed by atoms with Crippen molar-refractivity contribution in [1.29, 1.82) is 0 Å². The fourth-order valence-corrected chi connectivity index (χ4v) is 2.48. The van der Waals surface area contributed by atoms with Gasteiger partial charge in [-0.2, -0.15) is 0 Å². The first kappa shape index (κ1) is 13.8. The van der Waals surface area contributed by atoms with E-state index in [1.54, 1.807) is 0 Å². The van der Waals surface area contributed by atoms with E-state index >= 15 is 0 Å². The summed E-state index contributed by atoms with van der Waals surface area (Å²) in [5.41, 5.74) is 0. The molecule has 1 atom stereocenters. The molecule has 1 aliphatic rings. The number of hydrogen-bond donors (Lipinski definition) is 0. The number of amides is 1. The van der Waals surface area contributed by atoms with Gasteiger partial charge in [-0.15, -0.1) is 11.6 Å². The second-order valence-corrected chi connectivity index (χ2v) is 5.23. The molecule has 0 aromatic carbocycles. The molecule has 1 fully saturated rings. The number of nitrogens with zero attached hydrogens (tertiary/aromatic N) is 1. The van der Waals surface area contributed by atoms with Crippen LogP contribution < -0.4 is 0 Å². The molecule has 0 N–H and O–H groups in total. The molecular weight excluding hydrogens is 222 g/mol. The molecule has 1 rings (SSSR count). The normalized spacial score (nSPS) is 17.8. The first-order valence-corrected chi connectivity index (χ1v) is 7.12. The Kier molecular flexibility index (Phi) is 6.86. The molecule has 0 radical (unpaired) electrons. The molecule has 0 aliphatic carbocycles. The Hall–Kier alpha value is -0.240. The number of rotatable bonds is 7. The van der Waals surface area contributed by atoms with E-state index < -0.39 is 0 Å². The van der Waals surface area contributed by atoms with Crippen molar-refractivity contribution in [3.63, 3.8) is 0 Å². The summed E-state index contributed by atoms with van der Waals surface area (Å²) in [6.07, 6.45) is 9.28. The van der Waals surface area contributed by atoms with Crippen molar-refractivity contribution in [1.82, 2.24) is 4.90 Å². The van der Waals surface area contributed by atoms with Crippen LogP contribution in [-0.4, -0.2) is 29.3 Å². The topological polar surface area (TPSA) is 20.3 Å². The smallest absolute Gasteiger partial charge is 0.240 e. The molecule has 0 bridgehead atoms. The molecule has 0 saturated carbocycles. The van der Waals surface area contributed by atoms with Gasteiger partial charge in [0.05, 0.1) is 0 Å².